The largest absolute Gasteiger partial charge is 0.342 e. The third-order valence-corrected chi connectivity index (χ3v) is 5.35. The predicted molar refractivity (Wildman–Crippen MR) is 109 cm³/mol. The molecular weight excluding hydrogens is 356 g/mol. The number of nitrogens with one attached hydrogen (secondary N) is 2. The van der Waals surface area contributed by atoms with Crippen LogP contribution in [-0.2, 0) is 16.1 Å². The lowest BCUT2D eigenvalue weighted by Crippen LogP contribution is -2.60. The molecule has 0 aromatic heterocycles. The summed E-state index contributed by atoms with van der Waals surface area (Å²) < 4.78 is 0. The Morgan fingerprint density at radius 2 is 1.64 bits per heavy atom. The van der Waals surface area contributed by atoms with Crippen molar-refractivity contribution >= 4 is 17.8 Å². The molecule has 1 saturated carbocycles. The van der Waals surface area contributed by atoms with Crippen molar-refractivity contribution in [1.82, 2.24) is 20.4 Å². The lowest BCUT2D eigenvalue weighted by molar-refractivity contribution is -0.142. The van der Waals surface area contributed by atoms with E-state index in [-0.39, 0.29) is 24.4 Å². The van der Waals surface area contributed by atoms with E-state index in [9.17, 15) is 14.4 Å². The molecule has 0 saturated heterocycles. The van der Waals surface area contributed by atoms with Gasteiger partial charge in [-0.05, 0) is 32.3 Å². The summed E-state index contributed by atoms with van der Waals surface area (Å²) >= 11 is 0. The van der Waals surface area contributed by atoms with E-state index in [0.717, 1.165) is 18.4 Å². The molecule has 28 heavy (non-hydrogen) atoms. The summed E-state index contributed by atoms with van der Waals surface area (Å²) in [5.41, 5.74) is 0.0605. The molecule has 1 aromatic carbocycles. The Kier molecular flexibility index (Phi) is 7.84. The molecule has 2 N–H and O–H groups in total. The van der Waals surface area contributed by atoms with Gasteiger partial charge >= 0.3 is 6.03 Å². The molecule has 1 aliphatic rings. The molecule has 0 spiro atoms. The number of rotatable bonds is 8. The van der Waals surface area contributed by atoms with Crippen LogP contribution in [0.25, 0.3) is 0 Å². The number of carbonyl (C=O) groups is 3. The van der Waals surface area contributed by atoms with Gasteiger partial charge in [-0.1, -0.05) is 43.2 Å². The van der Waals surface area contributed by atoms with Crippen LogP contribution in [0.5, 0.6) is 0 Å². The molecule has 0 unspecified atom stereocenters. The molecule has 0 bridgehead atoms. The number of nitrogens with zero attached hydrogens (tertiary/aromatic N) is 2. The Labute approximate surface area is 167 Å². The van der Waals surface area contributed by atoms with Gasteiger partial charge in [0, 0.05) is 26.7 Å². The van der Waals surface area contributed by atoms with Crippen LogP contribution < -0.4 is 10.6 Å². The Morgan fingerprint density at radius 3 is 2.21 bits per heavy atom. The molecule has 2 rings (SSSR count). The van der Waals surface area contributed by atoms with Gasteiger partial charge in [0.25, 0.3) is 0 Å². The molecule has 154 valence electrons. The first-order chi connectivity index (χ1) is 13.4. The fourth-order valence-corrected chi connectivity index (χ4v) is 3.73. The highest BCUT2D eigenvalue weighted by atomic mass is 16.2. The summed E-state index contributed by atoms with van der Waals surface area (Å²) in [5.74, 6) is -0.275. The van der Waals surface area contributed by atoms with Crippen LogP contribution in [0.2, 0.25) is 0 Å². The Morgan fingerprint density at radius 1 is 1.04 bits per heavy atom. The number of benzene rings is 1. The first kappa shape index (κ1) is 21.7. The SMILES string of the molecule is CCN(CC)C(=O)CN(C)C(=O)C1(NC(=O)NCc2ccccc2)CCCC1. The van der Waals surface area contributed by atoms with E-state index in [1.807, 2.05) is 44.2 Å². The standard InChI is InChI=1S/C21H32N4O3/c1-4-25(5-2)18(26)16-24(3)19(27)21(13-9-10-14-21)23-20(28)22-15-17-11-7-6-8-12-17/h6-8,11-12H,4-5,9-10,13-16H2,1-3H3,(H2,22,23,28). The number of hydrogen-bond acceptors (Lipinski definition) is 3. The van der Waals surface area contributed by atoms with Crippen molar-refractivity contribution in [2.45, 2.75) is 51.6 Å². The van der Waals surface area contributed by atoms with E-state index in [4.69, 9.17) is 0 Å². The van der Waals surface area contributed by atoms with Gasteiger partial charge in [0.1, 0.15) is 5.54 Å². The second-order valence-electron chi connectivity index (χ2n) is 7.31. The van der Waals surface area contributed by atoms with Gasteiger partial charge in [-0.2, -0.15) is 0 Å². The average molecular weight is 389 g/mol. The van der Waals surface area contributed by atoms with Gasteiger partial charge in [-0.15, -0.1) is 0 Å². The summed E-state index contributed by atoms with van der Waals surface area (Å²) in [6.45, 7) is 5.48. The highest BCUT2D eigenvalue weighted by Crippen LogP contribution is 2.31. The Bertz CT molecular complexity index is 667. The zero-order chi connectivity index (χ0) is 20.6. The van der Waals surface area contributed by atoms with E-state index in [2.05, 4.69) is 10.6 Å². The van der Waals surface area contributed by atoms with Gasteiger partial charge in [0.05, 0.1) is 6.54 Å². The summed E-state index contributed by atoms with van der Waals surface area (Å²) in [6.07, 6.45) is 2.94. The monoisotopic (exact) mass is 388 g/mol. The van der Waals surface area contributed by atoms with E-state index in [0.29, 0.717) is 32.5 Å². The zero-order valence-electron chi connectivity index (χ0n) is 17.2. The molecule has 0 heterocycles. The van der Waals surface area contributed by atoms with E-state index >= 15 is 0 Å². The second-order valence-corrected chi connectivity index (χ2v) is 7.31. The van der Waals surface area contributed by atoms with Crippen molar-refractivity contribution in [1.29, 1.82) is 0 Å². The quantitative estimate of drug-likeness (QED) is 0.716. The van der Waals surface area contributed by atoms with E-state index in [1.54, 1.807) is 11.9 Å². The van der Waals surface area contributed by atoms with Crippen molar-refractivity contribution in [2.24, 2.45) is 0 Å². The minimum absolute atomic E-state index is 0.0234. The zero-order valence-corrected chi connectivity index (χ0v) is 17.2. The molecule has 4 amide bonds. The highest BCUT2D eigenvalue weighted by molar-refractivity contribution is 5.93. The molecule has 0 aliphatic heterocycles. The predicted octanol–water partition coefficient (Wildman–Crippen LogP) is 2.13. The second kappa shape index (κ2) is 10.1. The number of hydrogen-bond donors (Lipinski definition) is 2. The fraction of sp³-hybridized carbons (Fsp3) is 0.571. The van der Waals surface area contributed by atoms with E-state index in [1.165, 1.54) is 4.90 Å². The minimum atomic E-state index is -0.931. The lowest BCUT2D eigenvalue weighted by atomic mass is 9.95. The van der Waals surface area contributed by atoms with Crippen molar-refractivity contribution in [3.63, 3.8) is 0 Å². The van der Waals surface area contributed by atoms with Crippen molar-refractivity contribution in [2.75, 3.05) is 26.7 Å². The molecule has 0 radical (unpaired) electrons. The number of carbonyl (C=O) groups excluding carboxylic acids is 3. The van der Waals surface area contributed by atoms with Crippen molar-refractivity contribution < 1.29 is 14.4 Å². The molecule has 1 aliphatic carbocycles. The third kappa shape index (κ3) is 5.47. The maximum Gasteiger partial charge on any atom is 0.315 e. The number of urea groups is 1. The first-order valence-corrected chi connectivity index (χ1v) is 10.0. The molecule has 0 atom stereocenters. The summed E-state index contributed by atoms with van der Waals surface area (Å²) in [6, 6.07) is 9.26. The third-order valence-electron chi connectivity index (χ3n) is 5.35. The van der Waals surface area contributed by atoms with Crippen LogP contribution >= 0.6 is 0 Å². The Hall–Kier alpha value is -2.57. The van der Waals surface area contributed by atoms with Gasteiger partial charge in [0.15, 0.2) is 0 Å². The Balaban J connectivity index is 1.98. The van der Waals surface area contributed by atoms with Crippen molar-refractivity contribution in [3.05, 3.63) is 35.9 Å². The minimum Gasteiger partial charge on any atom is -0.342 e. The molecule has 1 aromatic rings. The summed E-state index contributed by atoms with van der Waals surface area (Å²) in [4.78, 5) is 41.1. The van der Waals surface area contributed by atoms with Crippen LogP contribution in [0, 0.1) is 0 Å². The smallest absolute Gasteiger partial charge is 0.315 e. The lowest BCUT2D eigenvalue weighted by Gasteiger charge is -2.33. The fourth-order valence-electron chi connectivity index (χ4n) is 3.73. The van der Waals surface area contributed by atoms with Crippen LogP contribution in [0.1, 0.15) is 45.1 Å². The van der Waals surface area contributed by atoms with Gasteiger partial charge < -0.3 is 20.4 Å². The van der Waals surface area contributed by atoms with Gasteiger partial charge in [-0.25, -0.2) is 4.79 Å². The van der Waals surface area contributed by atoms with Gasteiger partial charge in [-0.3, -0.25) is 9.59 Å². The van der Waals surface area contributed by atoms with Crippen LogP contribution in [0.3, 0.4) is 0 Å². The molecule has 7 heteroatoms. The number of likely N-dealkylation sites (N-methyl/N-ethyl adjacent to an activating group) is 2. The summed E-state index contributed by atoms with van der Waals surface area (Å²) in [5, 5.41) is 5.73. The normalized spacial score (nSPS) is 15.0. The van der Waals surface area contributed by atoms with Crippen LogP contribution in [0.15, 0.2) is 30.3 Å². The average Bonchev–Trinajstić information content (AvgIpc) is 3.17. The first-order valence-electron chi connectivity index (χ1n) is 10.0. The van der Waals surface area contributed by atoms with Crippen molar-refractivity contribution in [3.8, 4) is 0 Å². The maximum absolute atomic E-state index is 13.1. The van der Waals surface area contributed by atoms with Crippen LogP contribution in [0.4, 0.5) is 4.79 Å². The van der Waals surface area contributed by atoms with Crippen LogP contribution in [-0.4, -0.2) is 59.9 Å². The number of amides is 4. The molecule has 1 fully saturated rings. The molecular formula is C21H32N4O3. The topological polar surface area (TPSA) is 81.8 Å². The maximum atomic E-state index is 13.1. The highest BCUT2D eigenvalue weighted by Gasteiger charge is 2.44. The molecule has 7 nitrogen and oxygen atoms in total. The van der Waals surface area contributed by atoms with E-state index < -0.39 is 5.54 Å². The summed E-state index contributed by atoms with van der Waals surface area (Å²) in [7, 11) is 1.63. The van der Waals surface area contributed by atoms with Gasteiger partial charge in [0.2, 0.25) is 11.8 Å².